The van der Waals surface area contributed by atoms with E-state index in [1.807, 2.05) is 11.3 Å². The molecule has 0 atom stereocenters. The number of hydrogen-bond donors (Lipinski definition) is 0. The predicted octanol–water partition coefficient (Wildman–Crippen LogP) is 13.9. The normalized spacial score (nSPS) is 12.0. The van der Waals surface area contributed by atoms with Crippen molar-refractivity contribution in [1.82, 2.24) is 4.57 Å². The molecule has 0 aliphatic carbocycles. The van der Waals surface area contributed by atoms with E-state index in [2.05, 4.69) is 180 Å². The number of thiophene rings is 1. The monoisotopic (exact) mass is 651 g/mol. The number of fused-ring (bicyclic) bond motifs is 12. The van der Waals surface area contributed by atoms with Crippen molar-refractivity contribution in [2.75, 3.05) is 0 Å². The summed E-state index contributed by atoms with van der Waals surface area (Å²) in [5, 5.41) is 13.0. The highest BCUT2D eigenvalue weighted by Crippen LogP contribution is 2.40. The van der Waals surface area contributed by atoms with Crippen LogP contribution in [0.2, 0.25) is 0 Å². The minimum absolute atomic E-state index is 1.16. The van der Waals surface area contributed by atoms with Crippen LogP contribution in [0.3, 0.4) is 0 Å². The van der Waals surface area contributed by atoms with Gasteiger partial charge in [-0.1, -0.05) is 127 Å². The maximum Gasteiger partial charge on any atom is 0.0547 e. The Labute approximate surface area is 292 Å². The fourth-order valence-corrected chi connectivity index (χ4v) is 9.31. The van der Waals surface area contributed by atoms with Gasteiger partial charge in [-0.05, 0) is 103 Å². The molecule has 1 nitrogen and oxygen atoms in total. The molecule has 50 heavy (non-hydrogen) atoms. The fourth-order valence-electron chi connectivity index (χ4n) is 8.22. The lowest BCUT2D eigenvalue weighted by Crippen LogP contribution is -1.94. The van der Waals surface area contributed by atoms with Gasteiger partial charge in [-0.2, -0.15) is 0 Å². The molecule has 0 bridgehead atoms. The highest BCUT2D eigenvalue weighted by atomic mass is 32.1. The first kappa shape index (κ1) is 27.7. The van der Waals surface area contributed by atoms with E-state index in [-0.39, 0.29) is 0 Å². The minimum atomic E-state index is 1.16. The molecule has 0 saturated carbocycles. The summed E-state index contributed by atoms with van der Waals surface area (Å²) in [6.07, 6.45) is 0. The molecule has 0 aliphatic rings. The summed E-state index contributed by atoms with van der Waals surface area (Å²) >= 11 is 1.87. The van der Waals surface area contributed by atoms with Gasteiger partial charge in [0.15, 0.2) is 0 Å². The highest BCUT2D eigenvalue weighted by molar-refractivity contribution is 7.25. The lowest BCUT2D eigenvalue weighted by atomic mass is 9.92. The fraction of sp³-hybridized carbons (Fsp3) is 0. The topological polar surface area (TPSA) is 4.93 Å². The molecular weight excluding hydrogens is 623 g/mol. The van der Waals surface area contributed by atoms with Crippen LogP contribution in [0.5, 0.6) is 0 Å². The van der Waals surface area contributed by atoms with Crippen molar-refractivity contribution in [3.63, 3.8) is 0 Å². The number of aromatic nitrogens is 1. The molecule has 0 spiro atoms. The van der Waals surface area contributed by atoms with Crippen LogP contribution in [0.4, 0.5) is 0 Å². The largest absolute Gasteiger partial charge is 0.309 e. The van der Waals surface area contributed by atoms with E-state index >= 15 is 0 Å². The van der Waals surface area contributed by atoms with Gasteiger partial charge in [-0.3, -0.25) is 0 Å². The van der Waals surface area contributed by atoms with Crippen LogP contribution in [0.1, 0.15) is 0 Å². The van der Waals surface area contributed by atoms with Gasteiger partial charge in [0.2, 0.25) is 0 Å². The van der Waals surface area contributed by atoms with Crippen molar-refractivity contribution in [3.05, 3.63) is 176 Å². The second-order valence-electron chi connectivity index (χ2n) is 13.3. The summed E-state index contributed by atoms with van der Waals surface area (Å²) in [5.41, 5.74) is 8.50. The van der Waals surface area contributed by atoms with Gasteiger partial charge in [-0.15, -0.1) is 11.3 Å². The molecule has 232 valence electrons. The van der Waals surface area contributed by atoms with Gasteiger partial charge in [-0.25, -0.2) is 0 Å². The Hall–Kier alpha value is -6.22. The van der Waals surface area contributed by atoms with Crippen LogP contribution in [0.25, 0.3) is 102 Å². The van der Waals surface area contributed by atoms with E-state index in [0.29, 0.717) is 0 Å². The van der Waals surface area contributed by atoms with Crippen molar-refractivity contribution in [1.29, 1.82) is 0 Å². The Kier molecular flexibility index (Phi) is 5.89. The Morgan fingerprint density at radius 1 is 0.280 bits per heavy atom. The Balaban J connectivity index is 1.06. The van der Waals surface area contributed by atoms with Crippen LogP contribution in [-0.2, 0) is 0 Å². The molecule has 2 aromatic heterocycles. The van der Waals surface area contributed by atoms with Crippen molar-refractivity contribution >= 4 is 85.6 Å². The number of para-hydroxylation sites is 1. The molecule has 0 aliphatic heterocycles. The second kappa shape index (κ2) is 10.6. The van der Waals surface area contributed by atoms with Crippen molar-refractivity contribution in [2.45, 2.75) is 0 Å². The smallest absolute Gasteiger partial charge is 0.0547 e. The molecule has 2 heteroatoms. The summed E-state index contributed by atoms with van der Waals surface area (Å²) in [4.78, 5) is 0. The quantitative estimate of drug-likeness (QED) is 0.168. The first-order valence-electron chi connectivity index (χ1n) is 17.2. The maximum absolute atomic E-state index is 2.43. The van der Waals surface area contributed by atoms with E-state index in [1.54, 1.807) is 0 Å². The molecule has 11 rings (SSSR count). The molecule has 0 saturated heterocycles. The van der Waals surface area contributed by atoms with Gasteiger partial charge in [0.25, 0.3) is 0 Å². The zero-order valence-electron chi connectivity index (χ0n) is 27.1. The predicted molar refractivity (Wildman–Crippen MR) is 217 cm³/mol. The van der Waals surface area contributed by atoms with Crippen molar-refractivity contribution in [3.8, 4) is 27.9 Å². The van der Waals surface area contributed by atoms with E-state index in [0.717, 1.165) is 5.69 Å². The molecule has 9 aromatic carbocycles. The maximum atomic E-state index is 2.43. The highest BCUT2D eigenvalue weighted by Gasteiger charge is 2.15. The van der Waals surface area contributed by atoms with E-state index in [9.17, 15) is 0 Å². The molecule has 0 N–H and O–H groups in total. The lowest BCUT2D eigenvalue weighted by Gasteiger charge is -2.13. The molecule has 11 aromatic rings. The third kappa shape index (κ3) is 4.06. The van der Waals surface area contributed by atoms with Crippen LogP contribution >= 0.6 is 11.3 Å². The number of rotatable bonds is 3. The molecule has 0 amide bonds. The minimum Gasteiger partial charge on any atom is -0.309 e. The summed E-state index contributed by atoms with van der Waals surface area (Å²) in [6.45, 7) is 0. The van der Waals surface area contributed by atoms with Crippen molar-refractivity contribution in [2.24, 2.45) is 0 Å². The number of hydrogen-bond acceptors (Lipinski definition) is 1. The van der Waals surface area contributed by atoms with E-state index < -0.39 is 0 Å². The first-order valence-corrected chi connectivity index (χ1v) is 18.0. The van der Waals surface area contributed by atoms with Gasteiger partial charge in [0, 0.05) is 36.6 Å². The van der Waals surface area contributed by atoms with Crippen LogP contribution in [-0.4, -0.2) is 4.57 Å². The number of nitrogens with zero attached hydrogens (tertiary/aromatic N) is 1. The SMILES string of the molecule is c1ccc2c(c1)sc1ccc(-c3ccc(-n4c5ccccc5c5ccc(-c6ccc7c8ccccc8c8ccccc8c7c6)cc54)cc3)cc12. The summed E-state index contributed by atoms with van der Waals surface area (Å²) in [6, 6.07) is 65.0. The molecular formula is C48H29NS. The number of benzene rings is 9. The van der Waals surface area contributed by atoms with Crippen molar-refractivity contribution < 1.29 is 0 Å². The van der Waals surface area contributed by atoms with Crippen LogP contribution < -0.4 is 0 Å². The first-order chi connectivity index (χ1) is 24.8. The third-order valence-corrected chi connectivity index (χ3v) is 11.7. The Bertz CT molecular complexity index is 3110. The molecule has 0 radical (unpaired) electrons. The average molecular weight is 652 g/mol. The van der Waals surface area contributed by atoms with Gasteiger partial charge < -0.3 is 4.57 Å². The zero-order chi connectivity index (χ0) is 32.8. The van der Waals surface area contributed by atoms with Crippen LogP contribution in [0.15, 0.2) is 176 Å². The molecule has 0 fully saturated rings. The third-order valence-electron chi connectivity index (χ3n) is 10.6. The standard InChI is InChI=1S/C48H29NS/c1-2-11-37-35(9-1)36-10-3-4-12-38(36)43-27-32(19-24-39(37)43)33-20-25-41-40-13-5-7-15-45(40)49(46(41)29-33)34-22-17-30(18-23-34)31-21-26-48-44(28-31)42-14-6-8-16-47(42)50-48/h1-29H. The average Bonchev–Trinajstić information content (AvgIpc) is 3.73. The lowest BCUT2D eigenvalue weighted by molar-refractivity contribution is 1.18. The molecule has 2 heterocycles. The Morgan fingerprint density at radius 2 is 0.740 bits per heavy atom. The van der Waals surface area contributed by atoms with Gasteiger partial charge >= 0.3 is 0 Å². The van der Waals surface area contributed by atoms with E-state index in [1.165, 1.54) is 96.5 Å². The van der Waals surface area contributed by atoms with Crippen LogP contribution in [0, 0.1) is 0 Å². The van der Waals surface area contributed by atoms with Gasteiger partial charge in [0.05, 0.1) is 11.0 Å². The zero-order valence-corrected chi connectivity index (χ0v) is 27.9. The van der Waals surface area contributed by atoms with Gasteiger partial charge in [0.1, 0.15) is 0 Å². The Morgan fingerprint density at radius 3 is 1.48 bits per heavy atom. The summed E-state index contributed by atoms with van der Waals surface area (Å²) in [5.74, 6) is 0. The molecule has 0 unspecified atom stereocenters. The summed E-state index contributed by atoms with van der Waals surface area (Å²) < 4.78 is 5.10. The van der Waals surface area contributed by atoms with E-state index in [4.69, 9.17) is 0 Å². The second-order valence-corrected chi connectivity index (χ2v) is 14.4. The summed E-state index contributed by atoms with van der Waals surface area (Å²) in [7, 11) is 0.